The Balaban J connectivity index is 1.76. The summed E-state index contributed by atoms with van der Waals surface area (Å²) in [7, 11) is -2.24. The molecule has 28 heavy (non-hydrogen) atoms. The number of ether oxygens (including phenoxy) is 1. The van der Waals surface area contributed by atoms with E-state index in [4.69, 9.17) is 4.74 Å². The average Bonchev–Trinajstić information content (AvgIpc) is 2.69. The van der Waals surface area contributed by atoms with Crippen LogP contribution in [0.3, 0.4) is 0 Å². The van der Waals surface area contributed by atoms with Gasteiger partial charge in [-0.1, -0.05) is 18.2 Å². The number of benzene rings is 3. The Morgan fingerprint density at radius 3 is 2.00 bits per heavy atom. The molecule has 3 aromatic rings. The Hall–Kier alpha value is -3.32. The second-order valence-electron chi connectivity index (χ2n) is 6.09. The summed E-state index contributed by atoms with van der Waals surface area (Å²) in [6, 6.07) is 22.2. The number of hydrogen-bond acceptors (Lipinski definition) is 4. The molecule has 7 heteroatoms. The third-order valence-corrected chi connectivity index (χ3v) is 5.81. The Kier molecular flexibility index (Phi) is 5.65. The molecule has 0 fully saturated rings. The van der Waals surface area contributed by atoms with Crippen LogP contribution >= 0.6 is 0 Å². The van der Waals surface area contributed by atoms with Gasteiger partial charge < -0.3 is 10.1 Å². The standard InChI is InChI=1S/C21H20N2O4S/c1-16(24)22-17-8-14-21(15-9-17)28(25,26)23(2)18-10-12-20(13-11-18)27-19-6-4-3-5-7-19/h3-15H,1-2H3,(H,22,24). The van der Waals surface area contributed by atoms with Crippen LogP contribution in [0.15, 0.2) is 83.8 Å². The minimum atomic E-state index is -3.73. The molecule has 0 aromatic heterocycles. The molecule has 0 unspecified atom stereocenters. The first-order chi connectivity index (χ1) is 13.4. The number of carbonyl (C=O) groups excluding carboxylic acids is 1. The van der Waals surface area contributed by atoms with Gasteiger partial charge in [0.05, 0.1) is 10.6 Å². The second kappa shape index (κ2) is 8.14. The molecule has 0 heterocycles. The number of hydrogen-bond donors (Lipinski definition) is 1. The third kappa shape index (κ3) is 4.50. The highest BCUT2D eigenvalue weighted by molar-refractivity contribution is 7.92. The van der Waals surface area contributed by atoms with Crippen molar-refractivity contribution in [3.63, 3.8) is 0 Å². The lowest BCUT2D eigenvalue weighted by Gasteiger charge is -2.20. The summed E-state index contributed by atoms with van der Waals surface area (Å²) in [5.41, 5.74) is 1.04. The van der Waals surface area contributed by atoms with Gasteiger partial charge in [0.15, 0.2) is 0 Å². The van der Waals surface area contributed by atoms with Crippen LogP contribution in [0, 0.1) is 0 Å². The van der Waals surface area contributed by atoms with Crippen molar-refractivity contribution in [2.75, 3.05) is 16.7 Å². The van der Waals surface area contributed by atoms with Crippen molar-refractivity contribution in [2.45, 2.75) is 11.8 Å². The van der Waals surface area contributed by atoms with E-state index in [2.05, 4.69) is 5.32 Å². The van der Waals surface area contributed by atoms with Crippen LogP contribution < -0.4 is 14.4 Å². The molecule has 0 atom stereocenters. The molecular weight excluding hydrogens is 376 g/mol. The summed E-state index contributed by atoms with van der Waals surface area (Å²) in [6.07, 6.45) is 0. The maximum atomic E-state index is 12.8. The van der Waals surface area contributed by atoms with E-state index >= 15 is 0 Å². The predicted octanol–water partition coefficient (Wildman–Crippen LogP) is 4.26. The highest BCUT2D eigenvalue weighted by Crippen LogP contribution is 2.27. The van der Waals surface area contributed by atoms with Gasteiger partial charge in [0.25, 0.3) is 10.0 Å². The van der Waals surface area contributed by atoms with Gasteiger partial charge in [0, 0.05) is 19.7 Å². The Bertz CT molecular complexity index is 1050. The summed E-state index contributed by atoms with van der Waals surface area (Å²) in [6.45, 7) is 1.39. The summed E-state index contributed by atoms with van der Waals surface area (Å²) < 4.78 is 32.6. The third-order valence-electron chi connectivity index (χ3n) is 4.01. The lowest BCUT2D eigenvalue weighted by molar-refractivity contribution is -0.114. The smallest absolute Gasteiger partial charge is 0.264 e. The van der Waals surface area contributed by atoms with E-state index in [-0.39, 0.29) is 10.8 Å². The highest BCUT2D eigenvalue weighted by atomic mass is 32.2. The number of rotatable bonds is 6. The quantitative estimate of drug-likeness (QED) is 0.675. The molecule has 0 saturated heterocycles. The van der Waals surface area contributed by atoms with Crippen molar-refractivity contribution in [3.05, 3.63) is 78.9 Å². The first-order valence-electron chi connectivity index (χ1n) is 8.56. The molecule has 1 amide bonds. The molecule has 0 saturated carbocycles. The summed E-state index contributed by atoms with van der Waals surface area (Å²) in [5, 5.41) is 2.61. The molecule has 144 valence electrons. The van der Waals surface area contributed by atoms with Gasteiger partial charge in [-0.3, -0.25) is 9.10 Å². The molecule has 1 N–H and O–H groups in total. The maximum Gasteiger partial charge on any atom is 0.264 e. The van der Waals surface area contributed by atoms with Crippen molar-refractivity contribution < 1.29 is 17.9 Å². The first-order valence-corrected chi connectivity index (χ1v) is 10.00. The molecule has 3 aromatic carbocycles. The minimum Gasteiger partial charge on any atom is -0.457 e. The van der Waals surface area contributed by atoms with Gasteiger partial charge in [-0.2, -0.15) is 0 Å². The normalized spacial score (nSPS) is 10.9. The molecule has 0 aliphatic rings. The summed E-state index contributed by atoms with van der Waals surface area (Å²) >= 11 is 0. The number of nitrogens with zero attached hydrogens (tertiary/aromatic N) is 1. The van der Waals surface area contributed by atoms with Crippen molar-refractivity contribution in [1.82, 2.24) is 0 Å². The molecule has 0 bridgehead atoms. The number of amides is 1. The lowest BCUT2D eigenvalue weighted by atomic mass is 10.3. The van der Waals surface area contributed by atoms with Crippen molar-refractivity contribution in [1.29, 1.82) is 0 Å². The highest BCUT2D eigenvalue weighted by Gasteiger charge is 2.21. The average molecular weight is 396 g/mol. The maximum absolute atomic E-state index is 12.8. The summed E-state index contributed by atoms with van der Waals surface area (Å²) in [4.78, 5) is 11.2. The van der Waals surface area contributed by atoms with Crippen LogP contribution in [0.5, 0.6) is 11.5 Å². The van der Waals surface area contributed by atoms with E-state index < -0.39 is 10.0 Å². The van der Waals surface area contributed by atoms with Crippen molar-refractivity contribution >= 4 is 27.3 Å². The van der Waals surface area contributed by atoms with E-state index in [1.165, 1.54) is 30.4 Å². The fourth-order valence-corrected chi connectivity index (χ4v) is 3.75. The lowest BCUT2D eigenvalue weighted by Crippen LogP contribution is -2.26. The van der Waals surface area contributed by atoms with Gasteiger partial charge in [0.2, 0.25) is 5.91 Å². The van der Waals surface area contributed by atoms with Crippen LogP contribution in [-0.4, -0.2) is 21.4 Å². The van der Waals surface area contributed by atoms with E-state index in [0.717, 1.165) is 0 Å². The number of sulfonamides is 1. The zero-order valence-corrected chi connectivity index (χ0v) is 16.3. The van der Waals surface area contributed by atoms with Crippen molar-refractivity contribution in [3.8, 4) is 11.5 Å². The van der Waals surface area contributed by atoms with Gasteiger partial charge >= 0.3 is 0 Å². The molecule has 0 aliphatic carbocycles. The van der Waals surface area contributed by atoms with E-state index in [1.54, 1.807) is 36.4 Å². The molecule has 0 aliphatic heterocycles. The minimum absolute atomic E-state index is 0.133. The number of anilines is 2. The fraction of sp³-hybridized carbons (Fsp3) is 0.0952. The summed E-state index contributed by atoms with van der Waals surface area (Å²) in [5.74, 6) is 1.10. The number of carbonyl (C=O) groups is 1. The molecule has 6 nitrogen and oxygen atoms in total. The fourth-order valence-electron chi connectivity index (χ4n) is 2.56. The van der Waals surface area contributed by atoms with Gasteiger partial charge in [0.1, 0.15) is 11.5 Å². The number of nitrogens with one attached hydrogen (secondary N) is 1. The monoisotopic (exact) mass is 396 g/mol. The van der Waals surface area contributed by atoms with Crippen LogP contribution in [-0.2, 0) is 14.8 Å². The van der Waals surface area contributed by atoms with Crippen molar-refractivity contribution in [2.24, 2.45) is 0 Å². The van der Waals surface area contributed by atoms with Crippen LogP contribution in [0.2, 0.25) is 0 Å². The topological polar surface area (TPSA) is 75.7 Å². The zero-order valence-electron chi connectivity index (χ0n) is 15.5. The Morgan fingerprint density at radius 2 is 1.43 bits per heavy atom. The Morgan fingerprint density at radius 1 is 0.857 bits per heavy atom. The van der Waals surface area contributed by atoms with Gasteiger partial charge in [-0.15, -0.1) is 0 Å². The number of para-hydroxylation sites is 1. The molecule has 3 rings (SSSR count). The van der Waals surface area contributed by atoms with E-state index in [0.29, 0.717) is 22.9 Å². The first kappa shape index (κ1) is 19.4. The zero-order chi connectivity index (χ0) is 20.1. The molecule has 0 radical (unpaired) electrons. The Labute approximate surface area is 164 Å². The largest absolute Gasteiger partial charge is 0.457 e. The van der Waals surface area contributed by atoms with Crippen LogP contribution in [0.25, 0.3) is 0 Å². The van der Waals surface area contributed by atoms with Gasteiger partial charge in [-0.25, -0.2) is 8.42 Å². The second-order valence-corrected chi connectivity index (χ2v) is 8.06. The van der Waals surface area contributed by atoms with E-state index in [1.807, 2.05) is 30.3 Å². The SMILES string of the molecule is CC(=O)Nc1ccc(S(=O)(=O)N(C)c2ccc(Oc3ccccc3)cc2)cc1. The molecule has 0 spiro atoms. The van der Waals surface area contributed by atoms with Crippen LogP contribution in [0.1, 0.15) is 6.92 Å². The van der Waals surface area contributed by atoms with Gasteiger partial charge in [-0.05, 0) is 60.7 Å². The molecular formula is C21H20N2O4S. The van der Waals surface area contributed by atoms with Crippen LogP contribution in [0.4, 0.5) is 11.4 Å². The van der Waals surface area contributed by atoms with E-state index in [9.17, 15) is 13.2 Å². The predicted molar refractivity (Wildman–Crippen MR) is 109 cm³/mol.